The number of hydrogen-bond donors (Lipinski definition) is 2. The van der Waals surface area contributed by atoms with Crippen LogP contribution in [0.2, 0.25) is 0 Å². The van der Waals surface area contributed by atoms with E-state index in [0.29, 0.717) is 19.4 Å². The number of carbonyl (C=O) groups is 2. The molecule has 0 unspecified atom stereocenters. The highest BCUT2D eigenvalue weighted by atomic mass is 16.5. The molecule has 0 aliphatic heterocycles. The van der Waals surface area contributed by atoms with Crippen molar-refractivity contribution in [3.05, 3.63) is 29.8 Å². The molecule has 0 saturated heterocycles. The normalized spacial score (nSPS) is 11.9. The minimum absolute atomic E-state index is 0.0691. The number of ether oxygens (including phenoxy) is 1. The Balaban J connectivity index is 1.99. The van der Waals surface area contributed by atoms with Crippen LogP contribution in [0.4, 0.5) is 5.69 Å². The van der Waals surface area contributed by atoms with Gasteiger partial charge in [-0.15, -0.1) is 0 Å². The van der Waals surface area contributed by atoms with Crippen LogP contribution < -0.4 is 11.1 Å². The van der Waals surface area contributed by atoms with Gasteiger partial charge in [0.15, 0.2) is 0 Å². The van der Waals surface area contributed by atoms with Crippen molar-refractivity contribution in [3.63, 3.8) is 0 Å². The number of rotatable bonds is 33. The Morgan fingerprint density at radius 1 is 0.565 bits per heavy atom. The zero-order chi connectivity index (χ0) is 33.3. The summed E-state index contributed by atoms with van der Waals surface area (Å²) >= 11 is 0. The SMILES string of the molecule is CCCCCCCCCCCCCCCCOC(=O)[C@@H](N)Cc1ccc(NC(=O)CCCCCCCCCCCCCCC)cc1. The molecular weight excluding hydrogens is 568 g/mol. The van der Waals surface area contributed by atoms with Crippen LogP contribution in [-0.4, -0.2) is 24.5 Å². The maximum absolute atomic E-state index is 12.4. The number of nitrogens with one attached hydrogen (secondary N) is 1. The van der Waals surface area contributed by atoms with Gasteiger partial charge in [-0.05, 0) is 37.0 Å². The molecule has 3 N–H and O–H groups in total. The van der Waals surface area contributed by atoms with E-state index < -0.39 is 6.04 Å². The summed E-state index contributed by atoms with van der Waals surface area (Å²) in [4.78, 5) is 24.7. The number of anilines is 1. The van der Waals surface area contributed by atoms with E-state index in [1.165, 1.54) is 148 Å². The van der Waals surface area contributed by atoms with Gasteiger partial charge in [0, 0.05) is 12.1 Å². The Bertz CT molecular complexity index is 826. The first-order chi connectivity index (χ1) is 22.6. The van der Waals surface area contributed by atoms with Gasteiger partial charge in [0.2, 0.25) is 5.91 Å². The zero-order valence-corrected chi connectivity index (χ0v) is 30.4. The predicted octanol–water partition coefficient (Wildman–Crippen LogP) is 12.0. The van der Waals surface area contributed by atoms with Crippen LogP contribution in [0, 0.1) is 0 Å². The fourth-order valence-electron chi connectivity index (χ4n) is 6.16. The number of hydrogen-bond acceptors (Lipinski definition) is 4. The van der Waals surface area contributed by atoms with E-state index in [0.717, 1.165) is 36.9 Å². The smallest absolute Gasteiger partial charge is 0.323 e. The Kier molecular flexibility index (Phi) is 29.0. The van der Waals surface area contributed by atoms with Crippen LogP contribution in [0.25, 0.3) is 0 Å². The average Bonchev–Trinajstić information content (AvgIpc) is 3.05. The summed E-state index contributed by atoms with van der Waals surface area (Å²) in [6.45, 7) is 5.00. The van der Waals surface area contributed by atoms with E-state index in [1.54, 1.807) is 0 Å². The van der Waals surface area contributed by atoms with Gasteiger partial charge in [0.25, 0.3) is 0 Å². The Hall–Kier alpha value is -1.88. The number of nitrogens with two attached hydrogens (primary N) is 1. The molecule has 0 aliphatic carbocycles. The number of carbonyl (C=O) groups excluding carboxylic acids is 2. The lowest BCUT2D eigenvalue weighted by atomic mass is 10.0. The van der Waals surface area contributed by atoms with E-state index in [9.17, 15) is 9.59 Å². The quantitative estimate of drug-likeness (QED) is 0.0590. The molecule has 0 fully saturated rings. The van der Waals surface area contributed by atoms with Crippen LogP contribution in [-0.2, 0) is 20.7 Å². The largest absolute Gasteiger partial charge is 0.465 e. The predicted molar refractivity (Wildman–Crippen MR) is 198 cm³/mol. The monoisotopic (exact) mass is 643 g/mol. The highest BCUT2D eigenvalue weighted by Gasteiger charge is 2.15. The highest BCUT2D eigenvalue weighted by molar-refractivity contribution is 5.90. The fraction of sp³-hybridized carbons (Fsp3) is 0.805. The zero-order valence-electron chi connectivity index (χ0n) is 30.4. The molecule has 0 saturated carbocycles. The van der Waals surface area contributed by atoms with Crippen molar-refractivity contribution in [2.75, 3.05) is 11.9 Å². The van der Waals surface area contributed by atoms with Crippen molar-refractivity contribution in [3.8, 4) is 0 Å². The summed E-state index contributed by atoms with van der Waals surface area (Å²) in [5, 5.41) is 3.00. The van der Waals surface area contributed by atoms with Crippen LogP contribution in [0.5, 0.6) is 0 Å². The minimum atomic E-state index is -0.664. The van der Waals surface area contributed by atoms with Crippen molar-refractivity contribution in [1.82, 2.24) is 0 Å². The average molecular weight is 643 g/mol. The summed E-state index contributed by atoms with van der Waals surface area (Å²) in [5.74, 6) is -0.260. The molecule has 5 nitrogen and oxygen atoms in total. The summed E-state index contributed by atoms with van der Waals surface area (Å²) in [6.07, 6.45) is 36.3. The molecule has 1 amide bonds. The Morgan fingerprint density at radius 2 is 0.935 bits per heavy atom. The number of esters is 1. The van der Waals surface area contributed by atoms with Crippen molar-refractivity contribution >= 4 is 17.6 Å². The van der Waals surface area contributed by atoms with Crippen molar-refractivity contribution in [1.29, 1.82) is 0 Å². The maximum Gasteiger partial charge on any atom is 0.323 e. The minimum Gasteiger partial charge on any atom is -0.465 e. The molecule has 0 aliphatic rings. The molecule has 1 atom stereocenters. The van der Waals surface area contributed by atoms with Gasteiger partial charge < -0.3 is 15.8 Å². The molecule has 0 heterocycles. The molecule has 1 aromatic rings. The lowest BCUT2D eigenvalue weighted by Crippen LogP contribution is -2.34. The molecule has 0 aromatic heterocycles. The van der Waals surface area contributed by atoms with Gasteiger partial charge >= 0.3 is 5.97 Å². The van der Waals surface area contributed by atoms with E-state index in [4.69, 9.17) is 10.5 Å². The summed E-state index contributed by atoms with van der Waals surface area (Å²) < 4.78 is 5.44. The first-order valence-corrected chi connectivity index (χ1v) is 19.9. The second kappa shape index (κ2) is 31.7. The lowest BCUT2D eigenvalue weighted by molar-refractivity contribution is -0.145. The van der Waals surface area contributed by atoms with Crippen molar-refractivity contribution in [2.24, 2.45) is 5.73 Å². The molecule has 5 heteroatoms. The number of benzene rings is 1. The topological polar surface area (TPSA) is 81.4 Å². The second-order valence-corrected chi connectivity index (χ2v) is 13.8. The molecular formula is C41H74N2O3. The summed E-state index contributed by atoms with van der Waals surface area (Å²) in [7, 11) is 0. The first-order valence-electron chi connectivity index (χ1n) is 19.9. The summed E-state index contributed by atoms with van der Waals surface area (Å²) in [5.41, 5.74) is 7.88. The molecule has 0 spiro atoms. The van der Waals surface area contributed by atoms with Gasteiger partial charge in [0.1, 0.15) is 6.04 Å². The van der Waals surface area contributed by atoms with E-state index in [-0.39, 0.29) is 11.9 Å². The number of amides is 1. The maximum atomic E-state index is 12.4. The van der Waals surface area contributed by atoms with Crippen LogP contribution >= 0.6 is 0 Å². The Labute approximate surface area is 285 Å². The van der Waals surface area contributed by atoms with E-state index in [1.807, 2.05) is 24.3 Å². The second-order valence-electron chi connectivity index (χ2n) is 13.8. The van der Waals surface area contributed by atoms with Gasteiger partial charge in [-0.2, -0.15) is 0 Å². The van der Waals surface area contributed by atoms with Crippen molar-refractivity contribution in [2.45, 2.75) is 206 Å². The molecule has 0 bridgehead atoms. The molecule has 1 aromatic carbocycles. The van der Waals surface area contributed by atoms with Crippen molar-refractivity contribution < 1.29 is 14.3 Å². The number of unbranched alkanes of at least 4 members (excludes halogenated alkanes) is 25. The van der Waals surface area contributed by atoms with E-state index in [2.05, 4.69) is 19.2 Å². The Morgan fingerprint density at radius 3 is 1.35 bits per heavy atom. The van der Waals surface area contributed by atoms with Crippen LogP contribution in [0.3, 0.4) is 0 Å². The standard InChI is InChI=1S/C41H74N2O3/c1-3-5-7-9-11-13-15-17-19-21-23-25-27-29-35-46-41(45)39(42)36-37-31-33-38(34-32-37)43-40(44)30-28-26-24-22-20-18-16-14-12-10-8-6-4-2/h31-34,39H,3-30,35-36,42H2,1-2H3,(H,43,44)/t39-/m0/s1. The molecule has 0 radical (unpaired) electrons. The van der Waals surface area contributed by atoms with Gasteiger partial charge in [-0.25, -0.2) is 0 Å². The van der Waals surface area contributed by atoms with Gasteiger partial charge in [-0.3, -0.25) is 9.59 Å². The third kappa shape index (κ3) is 26.2. The van der Waals surface area contributed by atoms with Gasteiger partial charge in [0.05, 0.1) is 6.61 Å². The molecule has 266 valence electrons. The van der Waals surface area contributed by atoms with Crippen LogP contribution in [0.15, 0.2) is 24.3 Å². The fourth-order valence-corrected chi connectivity index (χ4v) is 6.16. The lowest BCUT2D eigenvalue weighted by Gasteiger charge is -2.12. The molecule has 46 heavy (non-hydrogen) atoms. The third-order valence-electron chi connectivity index (χ3n) is 9.25. The first kappa shape index (κ1) is 42.1. The summed E-state index contributed by atoms with van der Waals surface area (Å²) in [6, 6.07) is 6.99. The van der Waals surface area contributed by atoms with Crippen LogP contribution in [0.1, 0.15) is 199 Å². The molecule has 1 rings (SSSR count). The third-order valence-corrected chi connectivity index (χ3v) is 9.25. The highest BCUT2D eigenvalue weighted by Crippen LogP contribution is 2.16. The van der Waals surface area contributed by atoms with E-state index >= 15 is 0 Å². The van der Waals surface area contributed by atoms with Gasteiger partial charge in [-0.1, -0.05) is 187 Å².